The molecule has 0 radical (unpaired) electrons. The molecule has 8 heteroatoms. The molecule has 8 nitrogen and oxygen atoms in total. The SMILES string of the molecule is C=Cc1[nH]c(=O)n(C2CCN(Cc3ccc(-c4nc5cc6[nH]ncc6cc5nc4-c4ccccc4)cc3)CC2)c1/C=C\C. The minimum atomic E-state index is -0.0577. The van der Waals surface area contributed by atoms with E-state index in [9.17, 15) is 4.79 Å². The van der Waals surface area contributed by atoms with Gasteiger partial charge in [0.2, 0.25) is 0 Å². The van der Waals surface area contributed by atoms with Gasteiger partial charge >= 0.3 is 5.69 Å². The van der Waals surface area contributed by atoms with Crippen molar-refractivity contribution in [3.8, 4) is 22.5 Å². The Morgan fingerprint density at radius 2 is 1.65 bits per heavy atom. The van der Waals surface area contributed by atoms with Gasteiger partial charge in [-0.05, 0) is 49.6 Å². The maximum Gasteiger partial charge on any atom is 0.326 e. The predicted molar refractivity (Wildman–Crippen MR) is 173 cm³/mol. The first kappa shape index (κ1) is 26.8. The van der Waals surface area contributed by atoms with E-state index in [0.717, 1.165) is 88.3 Å². The lowest BCUT2D eigenvalue weighted by atomic mass is 10.0. The number of fused-ring (bicyclic) bond motifs is 2. The molecule has 4 heterocycles. The highest BCUT2D eigenvalue weighted by Crippen LogP contribution is 2.33. The highest BCUT2D eigenvalue weighted by molar-refractivity contribution is 5.95. The van der Waals surface area contributed by atoms with Crippen molar-refractivity contribution < 1.29 is 0 Å². The van der Waals surface area contributed by atoms with Crippen LogP contribution in [-0.4, -0.2) is 47.7 Å². The van der Waals surface area contributed by atoms with Crippen molar-refractivity contribution in [3.05, 3.63) is 113 Å². The van der Waals surface area contributed by atoms with Gasteiger partial charge in [0.15, 0.2) is 0 Å². The zero-order valence-electron chi connectivity index (χ0n) is 24.1. The zero-order chi connectivity index (χ0) is 29.3. The molecule has 1 aliphatic rings. The number of hydrogen-bond acceptors (Lipinski definition) is 5. The first-order chi connectivity index (χ1) is 21.1. The number of likely N-dealkylation sites (tertiary alicyclic amines) is 1. The summed E-state index contributed by atoms with van der Waals surface area (Å²) in [6.07, 6.45) is 9.34. The van der Waals surface area contributed by atoms with Gasteiger partial charge in [0, 0.05) is 42.2 Å². The van der Waals surface area contributed by atoms with Gasteiger partial charge in [-0.15, -0.1) is 0 Å². The van der Waals surface area contributed by atoms with Crippen molar-refractivity contribution in [2.75, 3.05) is 13.1 Å². The third-order valence-corrected chi connectivity index (χ3v) is 8.35. The normalized spacial score (nSPS) is 14.7. The summed E-state index contributed by atoms with van der Waals surface area (Å²) < 4.78 is 1.91. The van der Waals surface area contributed by atoms with Crippen molar-refractivity contribution in [1.29, 1.82) is 0 Å². The minimum absolute atomic E-state index is 0.0577. The van der Waals surface area contributed by atoms with E-state index in [-0.39, 0.29) is 11.7 Å². The van der Waals surface area contributed by atoms with Crippen LogP contribution in [0.15, 0.2) is 90.4 Å². The lowest BCUT2D eigenvalue weighted by molar-refractivity contribution is 0.177. The first-order valence-electron chi connectivity index (χ1n) is 14.7. The molecule has 1 saturated heterocycles. The quantitative estimate of drug-likeness (QED) is 0.220. The van der Waals surface area contributed by atoms with E-state index < -0.39 is 0 Å². The lowest BCUT2D eigenvalue weighted by Gasteiger charge is -2.32. The van der Waals surface area contributed by atoms with E-state index in [4.69, 9.17) is 9.97 Å². The van der Waals surface area contributed by atoms with Gasteiger partial charge in [-0.3, -0.25) is 14.6 Å². The molecule has 0 spiro atoms. The van der Waals surface area contributed by atoms with Crippen LogP contribution in [0.5, 0.6) is 0 Å². The summed E-state index contributed by atoms with van der Waals surface area (Å²) >= 11 is 0. The van der Waals surface area contributed by atoms with Gasteiger partial charge in [0.1, 0.15) is 0 Å². The molecule has 1 fully saturated rings. The number of aromatic amines is 2. The molecule has 0 amide bonds. The third kappa shape index (κ3) is 5.10. The Kier molecular flexibility index (Phi) is 7.04. The van der Waals surface area contributed by atoms with Crippen molar-refractivity contribution in [3.63, 3.8) is 0 Å². The Labute approximate surface area is 249 Å². The summed E-state index contributed by atoms with van der Waals surface area (Å²) in [5.74, 6) is 0. The minimum Gasteiger partial charge on any atom is -0.306 e. The maximum absolute atomic E-state index is 12.7. The molecule has 0 saturated carbocycles. The Bertz CT molecular complexity index is 2010. The number of rotatable bonds is 7. The van der Waals surface area contributed by atoms with E-state index in [0.29, 0.717) is 0 Å². The average Bonchev–Trinajstić information content (AvgIpc) is 3.63. The van der Waals surface area contributed by atoms with Crippen LogP contribution in [0.4, 0.5) is 0 Å². The van der Waals surface area contributed by atoms with Gasteiger partial charge in [-0.25, -0.2) is 14.8 Å². The predicted octanol–water partition coefficient (Wildman–Crippen LogP) is 6.84. The molecule has 0 atom stereocenters. The van der Waals surface area contributed by atoms with Gasteiger partial charge in [-0.2, -0.15) is 5.10 Å². The van der Waals surface area contributed by atoms with E-state index in [1.165, 1.54) is 5.56 Å². The van der Waals surface area contributed by atoms with Crippen LogP contribution in [0.1, 0.15) is 42.8 Å². The second kappa shape index (κ2) is 11.3. The van der Waals surface area contributed by atoms with Gasteiger partial charge in [0.25, 0.3) is 0 Å². The molecular formula is C35H33N7O. The van der Waals surface area contributed by atoms with Crippen molar-refractivity contribution >= 4 is 34.1 Å². The highest BCUT2D eigenvalue weighted by atomic mass is 16.1. The molecule has 3 aromatic carbocycles. The van der Waals surface area contributed by atoms with Crippen LogP contribution in [0.3, 0.4) is 0 Å². The van der Waals surface area contributed by atoms with E-state index >= 15 is 0 Å². The van der Waals surface area contributed by atoms with Crippen LogP contribution < -0.4 is 5.69 Å². The molecule has 214 valence electrons. The number of benzene rings is 3. The Morgan fingerprint density at radius 3 is 2.35 bits per heavy atom. The van der Waals surface area contributed by atoms with Crippen LogP contribution in [0, 0.1) is 0 Å². The molecule has 7 rings (SSSR count). The first-order valence-corrected chi connectivity index (χ1v) is 14.7. The molecular weight excluding hydrogens is 534 g/mol. The van der Waals surface area contributed by atoms with Gasteiger partial charge in [0.05, 0.1) is 45.5 Å². The fraction of sp³-hybridized carbons (Fsp3) is 0.200. The van der Waals surface area contributed by atoms with Crippen LogP contribution >= 0.6 is 0 Å². The summed E-state index contributed by atoms with van der Waals surface area (Å²) in [6, 6.07) is 23.1. The molecule has 2 N–H and O–H groups in total. The number of H-pyrrole nitrogens is 2. The Hall–Kier alpha value is -5.08. The van der Waals surface area contributed by atoms with Crippen molar-refractivity contribution in [2.24, 2.45) is 0 Å². The smallest absolute Gasteiger partial charge is 0.306 e. The number of nitrogens with zero attached hydrogens (tertiary/aromatic N) is 5. The lowest BCUT2D eigenvalue weighted by Crippen LogP contribution is -2.37. The number of allylic oxidation sites excluding steroid dienone is 1. The number of piperidine rings is 1. The fourth-order valence-electron chi connectivity index (χ4n) is 6.18. The Morgan fingerprint density at radius 1 is 0.953 bits per heavy atom. The monoisotopic (exact) mass is 567 g/mol. The zero-order valence-corrected chi connectivity index (χ0v) is 24.1. The highest BCUT2D eigenvalue weighted by Gasteiger charge is 2.25. The second-order valence-corrected chi connectivity index (χ2v) is 11.1. The summed E-state index contributed by atoms with van der Waals surface area (Å²) in [4.78, 5) is 28.4. The second-order valence-electron chi connectivity index (χ2n) is 11.1. The van der Waals surface area contributed by atoms with Crippen molar-refractivity contribution in [1.82, 2.24) is 34.6 Å². The molecule has 0 bridgehead atoms. The number of imidazole rings is 1. The largest absolute Gasteiger partial charge is 0.326 e. The Balaban J connectivity index is 1.12. The molecule has 0 unspecified atom stereocenters. The third-order valence-electron chi connectivity index (χ3n) is 8.35. The number of hydrogen-bond donors (Lipinski definition) is 2. The fourth-order valence-corrected chi connectivity index (χ4v) is 6.18. The van der Waals surface area contributed by atoms with Gasteiger partial charge < -0.3 is 4.98 Å². The summed E-state index contributed by atoms with van der Waals surface area (Å²) in [5, 5.41) is 8.23. The van der Waals surface area contributed by atoms with Crippen LogP contribution in [0.25, 0.3) is 56.6 Å². The van der Waals surface area contributed by atoms with E-state index in [2.05, 4.69) is 63.1 Å². The molecule has 6 aromatic rings. The van der Waals surface area contributed by atoms with Crippen LogP contribution in [-0.2, 0) is 6.54 Å². The average molecular weight is 568 g/mol. The molecule has 0 aliphatic carbocycles. The van der Waals surface area contributed by atoms with Crippen LogP contribution in [0.2, 0.25) is 0 Å². The van der Waals surface area contributed by atoms with Gasteiger partial charge in [-0.1, -0.05) is 67.3 Å². The van der Waals surface area contributed by atoms with E-state index in [1.807, 2.05) is 60.2 Å². The number of aromatic nitrogens is 6. The summed E-state index contributed by atoms with van der Waals surface area (Å²) in [6.45, 7) is 8.55. The summed E-state index contributed by atoms with van der Waals surface area (Å²) in [5.41, 5.74) is 9.29. The topological polar surface area (TPSA) is 95.5 Å². The standard InChI is InChI=1S/C35H33N7O/c1-3-8-32-28(4-2)39-35(43)42(32)27-15-17-41(18-16-27)22-23-11-13-25(14-12-23)34-33(24-9-6-5-7-10-24)37-30-19-26-21-36-40-29(26)20-31(30)38-34/h3-14,19-21,27H,2,15-18,22H2,1H3,(H,36,40)(H,39,43)/b8-3-. The van der Waals surface area contributed by atoms with Crippen molar-refractivity contribution in [2.45, 2.75) is 32.4 Å². The number of nitrogens with one attached hydrogen (secondary N) is 2. The molecule has 43 heavy (non-hydrogen) atoms. The maximum atomic E-state index is 12.7. The summed E-state index contributed by atoms with van der Waals surface area (Å²) in [7, 11) is 0. The molecule has 3 aromatic heterocycles. The van der Waals surface area contributed by atoms with E-state index in [1.54, 1.807) is 6.08 Å². The molecule has 1 aliphatic heterocycles.